The zero-order valence-corrected chi connectivity index (χ0v) is 16.8. The smallest absolute Gasteiger partial charge is 0.344 e. The molecule has 116 valence electrons. The maximum Gasteiger partial charge on any atom is 4.00 e. The van der Waals surface area contributed by atoms with Crippen LogP contribution in [0.1, 0.15) is 74.7 Å². The van der Waals surface area contributed by atoms with Crippen LogP contribution in [-0.2, 0) is 21.7 Å². The first-order chi connectivity index (χ1) is 8.69. The molecule has 20 heavy (non-hydrogen) atoms. The molecule has 0 aromatic carbocycles. The van der Waals surface area contributed by atoms with Crippen LogP contribution in [0.5, 0.6) is 0 Å². The van der Waals surface area contributed by atoms with Gasteiger partial charge in [0.15, 0.2) is 0 Å². The molecule has 0 spiro atoms. The quantitative estimate of drug-likeness (QED) is 0.341. The van der Waals surface area contributed by atoms with Crippen molar-refractivity contribution >= 4 is 0 Å². The first kappa shape index (κ1) is 28.4. The molecular weight excluding hydrogens is 276 g/mol. The molecule has 0 saturated carbocycles. The predicted molar refractivity (Wildman–Crippen MR) is 91.5 cm³/mol. The Morgan fingerprint density at radius 1 is 0.850 bits per heavy atom. The molecule has 0 nitrogen and oxygen atoms in total. The second-order valence-corrected chi connectivity index (χ2v) is 5.12. The zero-order valence-electron chi connectivity index (χ0n) is 15.2. The van der Waals surface area contributed by atoms with Gasteiger partial charge in [0.25, 0.3) is 0 Å². The normalized spacial score (nSPS) is 14.4. The van der Waals surface area contributed by atoms with Gasteiger partial charge in [-0.2, -0.15) is 30.4 Å². The standard InChI is InChI=1S/C10H15.3C3H7.Ti/c1-7-6-10(4,5)9(3)8(7)2;3*1-3-2;/h1-5H3;3*1,3H2,2H3;/q4*-1;+4. The molecule has 0 unspecified atom stereocenters. The van der Waals surface area contributed by atoms with Crippen LogP contribution in [0.25, 0.3) is 0 Å². The van der Waals surface area contributed by atoms with Gasteiger partial charge in [0.05, 0.1) is 0 Å². The Morgan fingerprint density at radius 2 is 1.10 bits per heavy atom. The molecule has 0 aliphatic heterocycles. The Bertz CT molecular complexity index is 252. The Balaban J connectivity index is -0.000000108. The molecule has 0 atom stereocenters. The Kier molecular flexibility index (Phi) is 24.5. The molecular formula is C19H36Ti. The molecule has 0 aromatic heterocycles. The van der Waals surface area contributed by atoms with E-state index in [1.54, 1.807) is 0 Å². The fourth-order valence-corrected chi connectivity index (χ4v) is 1.41. The van der Waals surface area contributed by atoms with E-state index in [2.05, 4.69) is 61.5 Å². The number of allylic oxidation sites excluding steroid dienone is 4. The second kappa shape index (κ2) is 17.2. The summed E-state index contributed by atoms with van der Waals surface area (Å²) < 4.78 is 0. The van der Waals surface area contributed by atoms with Gasteiger partial charge >= 0.3 is 21.7 Å². The monoisotopic (exact) mass is 312 g/mol. The van der Waals surface area contributed by atoms with E-state index < -0.39 is 0 Å². The van der Waals surface area contributed by atoms with Crippen LogP contribution in [0.15, 0.2) is 16.7 Å². The summed E-state index contributed by atoms with van der Waals surface area (Å²) >= 11 is 0. The molecule has 1 aliphatic carbocycles. The van der Waals surface area contributed by atoms with Crippen LogP contribution < -0.4 is 0 Å². The van der Waals surface area contributed by atoms with Gasteiger partial charge in [-0.25, -0.2) is 5.57 Å². The molecule has 1 heteroatoms. The summed E-state index contributed by atoms with van der Waals surface area (Å²) in [6, 6.07) is 0. The van der Waals surface area contributed by atoms with Crippen LogP contribution in [0.4, 0.5) is 0 Å². The summed E-state index contributed by atoms with van der Waals surface area (Å²) in [7, 11) is 0. The fourth-order valence-electron chi connectivity index (χ4n) is 1.41. The Labute approximate surface area is 145 Å². The zero-order chi connectivity index (χ0) is 16.1. The van der Waals surface area contributed by atoms with Gasteiger partial charge in [0.1, 0.15) is 0 Å². The van der Waals surface area contributed by atoms with E-state index in [9.17, 15) is 0 Å². The van der Waals surface area contributed by atoms with Crippen LogP contribution in [0.2, 0.25) is 0 Å². The summed E-state index contributed by atoms with van der Waals surface area (Å²) in [6.45, 7) is 27.4. The van der Waals surface area contributed by atoms with Crippen molar-refractivity contribution in [1.82, 2.24) is 0 Å². The van der Waals surface area contributed by atoms with Gasteiger partial charge in [-0.05, 0) is 0 Å². The van der Waals surface area contributed by atoms with Crippen molar-refractivity contribution < 1.29 is 21.7 Å². The third kappa shape index (κ3) is 14.6. The molecule has 0 fully saturated rings. The van der Waals surface area contributed by atoms with Crippen molar-refractivity contribution in [3.8, 4) is 0 Å². The summed E-state index contributed by atoms with van der Waals surface area (Å²) in [4.78, 5) is 0. The molecule has 1 rings (SSSR count). The largest absolute Gasteiger partial charge is 4.00 e. The SMILES string of the molecule is CC1=[C-]C(C)(C)C(C)=C1C.[CH2-]CC.[CH2-]CC.[CH2-]CC.[Ti+4]. The average molecular weight is 312 g/mol. The van der Waals surface area contributed by atoms with E-state index in [4.69, 9.17) is 0 Å². The van der Waals surface area contributed by atoms with Crippen molar-refractivity contribution in [2.75, 3.05) is 0 Å². The van der Waals surface area contributed by atoms with Gasteiger partial charge in [-0.15, -0.1) is 6.92 Å². The summed E-state index contributed by atoms with van der Waals surface area (Å²) in [6.07, 6.45) is 6.44. The molecule has 0 amide bonds. The Hall–Kier alpha value is 0.194. The minimum Gasteiger partial charge on any atom is -0.344 e. The van der Waals surface area contributed by atoms with Crippen LogP contribution in [0, 0.1) is 32.3 Å². The van der Waals surface area contributed by atoms with Crippen LogP contribution in [0.3, 0.4) is 0 Å². The number of hydrogen-bond donors (Lipinski definition) is 0. The molecule has 0 saturated heterocycles. The maximum absolute atomic E-state index is 3.49. The first-order valence-corrected chi connectivity index (χ1v) is 7.37. The predicted octanol–water partition coefficient (Wildman–Crippen LogP) is 6.80. The van der Waals surface area contributed by atoms with Gasteiger partial charge in [0.2, 0.25) is 0 Å². The first-order valence-electron chi connectivity index (χ1n) is 7.37. The second-order valence-electron chi connectivity index (χ2n) is 5.12. The van der Waals surface area contributed by atoms with E-state index in [-0.39, 0.29) is 27.1 Å². The summed E-state index contributed by atoms with van der Waals surface area (Å²) in [5.41, 5.74) is 4.39. The topological polar surface area (TPSA) is 0 Å². The van der Waals surface area contributed by atoms with Crippen molar-refractivity contribution in [3.05, 3.63) is 43.6 Å². The van der Waals surface area contributed by atoms with Crippen molar-refractivity contribution in [1.29, 1.82) is 0 Å². The van der Waals surface area contributed by atoms with Gasteiger partial charge < -0.3 is 20.8 Å². The van der Waals surface area contributed by atoms with E-state index >= 15 is 0 Å². The van der Waals surface area contributed by atoms with E-state index in [0.29, 0.717) is 0 Å². The van der Waals surface area contributed by atoms with Gasteiger partial charge in [-0.1, -0.05) is 53.9 Å². The minimum absolute atomic E-state index is 0. The molecule has 0 radical (unpaired) electrons. The summed E-state index contributed by atoms with van der Waals surface area (Å²) in [5, 5.41) is 0. The van der Waals surface area contributed by atoms with E-state index in [0.717, 1.165) is 19.3 Å². The van der Waals surface area contributed by atoms with Crippen LogP contribution >= 0.6 is 0 Å². The van der Waals surface area contributed by atoms with Crippen molar-refractivity contribution in [3.63, 3.8) is 0 Å². The summed E-state index contributed by atoms with van der Waals surface area (Å²) in [5.74, 6) is 0. The molecule has 1 aliphatic rings. The minimum atomic E-state index is 0. The average Bonchev–Trinajstić information content (AvgIpc) is 2.45. The molecule has 0 bridgehead atoms. The number of rotatable bonds is 0. The van der Waals surface area contributed by atoms with Crippen molar-refractivity contribution in [2.24, 2.45) is 5.41 Å². The fraction of sp³-hybridized carbons (Fsp3) is 0.632. The van der Waals surface area contributed by atoms with Gasteiger partial charge in [-0.3, -0.25) is 6.08 Å². The third-order valence-corrected chi connectivity index (χ3v) is 2.56. The van der Waals surface area contributed by atoms with Crippen LogP contribution in [-0.4, -0.2) is 0 Å². The number of hydrogen-bond acceptors (Lipinski definition) is 0. The van der Waals surface area contributed by atoms with E-state index in [1.807, 2.05) is 20.8 Å². The Morgan fingerprint density at radius 3 is 1.15 bits per heavy atom. The molecule has 0 aromatic rings. The van der Waals surface area contributed by atoms with E-state index in [1.165, 1.54) is 16.7 Å². The maximum atomic E-state index is 3.49. The third-order valence-electron chi connectivity index (χ3n) is 2.56. The van der Waals surface area contributed by atoms with Crippen molar-refractivity contribution in [2.45, 2.75) is 74.7 Å². The van der Waals surface area contributed by atoms with Gasteiger partial charge in [0, 0.05) is 0 Å². The molecule has 0 heterocycles. The molecule has 0 N–H and O–H groups in total.